The molecular weight excluding hydrogens is 409 g/mol. The molecule has 3 aromatic rings. The fourth-order valence-corrected chi connectivity index (χ4v) is 4.51. The van der Waals surface area contributed by atoms with Crippen molar-refractivity contribution in [2.45, 2.75) is 18.8 Å². The molecule has 1 aromatic heterocycles. The number of morpholine rings is 1. The van der Waals surface area contributed by atoms with Gasteiger partial charge < -0.3 is 19.9 Å². The molecule has 7 nitrogen and oxygen atoms in total. The van der Waals surface area contributed by atoms with E-state index in [2.05, 4.69) is 20.2 Å². The summed E-state index contributed by atoms with van der Waals surface area (Å²) < 4.78 is 18.9. The second kappa shape index (κ2) is 9.08. The van der Waals surface area contributed by atoms with E-state index in [1.807, 2.05) is 29.2 Å². The lowest BCUT2D eigenvalue weighted by Crippen LogP contribution is -2.40. The monoisotopic (exact) mass is 435 g/mol. The summed E-state index contributed by atoms with van der Waals surface area (Å²) in [6.07, 6.45) is 3.12. The molecule has 0 radical (unpaired) electrons. The van der Waals surface area contributed by atoms with Crippen LogP contribution in [-0.4, -0.2) is 60.3 Å². The number of likely N-dealkylation sites (tertiary alicyclic amines) is 1. The summed E-state index contributed by atoms with van der Waals surface area (Å²) in [6, 6.07) is 12.5. The number of piperidine rings is 1. The predicted octanol–water partition coefficient (Wildman–Crippen LogP) is 4.02. The Labute approximate surface area is 186 Å². The average Bonchev–Trinajstić information content (AvgIpc) is 2.84. The van der Waals surface area contributed by atoms with E-state index in [-0.39, 0.29) is 17.8 Å². The van der Waals surface area contributed by atoms with Gasteiger partial charge in [0.05, 0.1) is 24.4 Å². The number of carbonyl (C=O) groups excluding carboxylic acids is 1. The van der Waals surface area contributed by atoms with Gasteiger partial charge in [-0.05, 0) is 49.2 Å². The fourth-order valence-electron chi connectivity index (χ4n) is 4.51. The number of aromatic nitrogens is 2. The Hall–Kier alpha value is -3.26. The smallest absolute Gasteiger partial charge is 0.321 e. The quantitative estimate of drug-likeness (QED) is 0.673. The minimum atomic E-state index is -0.299. The van der Waals surface area contributed by atoms with Crippen LogP contribution in [-0.2, 0) is 4.74 Å². The minimum absolute atomic E-state index is 0.0859. The van der Waals surface area contributed by atoms with Crippen LogP contribution >= 0.6 is 0 Å². The van der Waals surface area contributed by atoms with E-state index in [1.165, 1.54) is 18.5 Å². The van der Waals surface area contributed by atoms with Gasteiger partial charge in [0.1, 0.15) is 12.1 Å². The molecule has 2 fully saturated rings. The molecule has 2 aromatic carbocycles. The number of hydrogen-bond donors (Lipinski definition) is 1. The molecule has 5 rings (SSSR count). The van der Waals surface area contributed by atoms with Gasteiger partial charge in [-0.3, -0.25) is 0 Å². The zero-order valence-corrected chi connectivity index (χ0v) is 17.8. The molecule has 0 aliphatic carbocycles. The van der Waals surface area contributed by atoms with Crippen molar-refractivity contribution in [2.24, 2.45) is 0 Å². The number of carbonyl (C=O) groups is 1. The van der Waals surface area contributed by atoms with Crippen molar-refractivity contribution in [2.75, 3.05) is 49.6 Å². The zero-order valence-electron chi connectivity index (χ0n) is 17.8. The first-order valence-corrected chi connectivity index (χ1v) is 11.1. The molecule has 2 saturated heterocycles. The minimum Gasteiger partial charge on any atom is -0.378 e. The summed E-state index contributed by atoms with van der Waals surface area (Å²) in [5.74, 6) is -0.0746. The molecule has 0 spiro atoms. The third-order valence-corrected chi connectivity index (χ3v) is 6.29. The molecule has 0 bridgehead atoms. The number of urea groups is 1. The Balaban J connectivity index is 1.19. The molecule has 3 heterocycles. The largest absolute Gasteiger partial charge is 0.378 e. The summed E-state index contributed by atoms with van der Waals surface area (Å²) in [7, 11) is 0. The number of ether oxygens (including phenoxy) is 1. The van der Waals surface area contributed by atoms with Gasteiger partial charge in [-0.1, -0.05) is 0 Å². The maximum Gasteiger partial charge on any atom is 0.321 e. The summed E-state index contributed by atoms with van der Waals surface area (Å²) in [5, 5.41) is 3.89. The summed E-state index contributed by atoms with van der Waals surface area (Å²) >= 11 is 0. The first-order chi connectivity index (χ1) is 15.7. The van der Waals surface area contributed by atoms with Crippen LogP contribution in [0.2, 0.25) is 0 Å². The number of rotatable bonds is 3. The van der Waals surface area contributed by atoms with Gasteiger partial charge in [0.25, 0.3) is 0 Å². The highest BCUT2D eigenvalue weighted by Gasteiger charge is 2.26. The van der Waals surface area contributed by atoms with Crippen LogP contribution in [0.15, 0.2) is 48.8 Å². The Bertz CT molecular complexity index is 1090. The van der Waals surface area contributed by atoms with Crippen molar-refractivity contribution in [3.63, 3.8) is 0 Å². The predicted molar refractivity (Wildman–Crippen MR) is 122 cm³/mol. The van der Waals surface area contributed by atoms with E-state index in [0.717, 1.165) is 61.6 Å². The molecule has 8 heteroatoms. The van der Waals surface area contributed by atoms with E-state index in [0.29, 0.717) is 18.6 Å². The molecule has 0 atom stereocenters. The number of fused-ring (bicyclic) bond motifs is 1. The van der Waals surface area contributed by atoms with Crippen LogP contribution in [0.3, 0.4) is 0 Å². The van der Waals surface area contributed by atoms with Crippen LogP contribution in [0, 0.1) is 5.82 Å². The van der Waals surface area contributed by atoms with Crippen molar-refractivity contribution in [3.05, 3.63) is 60.3 Å². The Morgan fingerprint density at radius 2 is 1.75 bits per heavy atom. The van der Waals surface area contributed by atoms with Gasteiger partial charge in [-0.25, -0.2) is 19.2 Å². The van der Waals surface area contributed by atoms with Crippen molar-refractivity contribution in [1.82, 2.24) is 14.9 Å². The first kappa shape index (κ1) is 20.6. The average molecular weight is 436 g/mol. The van der Waals surface area contributed by atoms with E-state index >= 15 is 0 Å². The van der Waals surface area contributed by atoms with Gasteiger partial charge in [-0.2, -0.15) is 0 Å². The van der Waals surface area contributed by atoms with Crippen LogP contribution in [0.25, 0.3) is 10.9 Å². The molecule has 166 valence electrons. The lowest BCUT2D eigenvalue weighted by atomic mass is 9.91. The van der Waals surface area contributed by atoms with E-state index < -0.39 is 0 Å². The number of hydrogen-bond acceptors (Lipinski definition) is 5. The molecular formula is C24H26FN5O2. The van der Waals surface area contributed by atoms with E-state index in [1.54, 1.807) is 6.07 Å². The Kier molecular flexibility index (Phi) is 5.85. The number of halogens is 1. The zero-order chi connectivity index (χ0) is 21.9. The molecule has 2 aliphatic heterocycles. The number of anilines is 2. The maximum atomic E-state index is 13.5. The van der Waals surface area contributed by atoms with Gasteiger partial charge in [0.2, 0.25) is 0 Å². The second-order valence-corrected chi connectivity index (χ2v) is 8.26. The summed E-state index contributed by atoms with van der Waals surface area (Å²) in [6.45, 7) is 4.56. The van der Waals surface area contributed by atoms with Crippen LogP contribution in [0.4, 0.5) is 20.6 Å². The third-order valence-electron chi connectivity index (χ3n) is 6.29. The van der Waals surface area contributed by atoms with Gasteiger partial charge in [0, 0.05) is 54.9 Å². The highest BCUT2D eigenvalue weighted by atomic mass is 19.1. The highest BCUT2D eigenvalue weighted by Crippen LogP contribution is 2.31. The van der Waals surface area contributed by atoms with E-state index in [9.17, 15) is 9.18 Å². The van der Waals surface area contributed by atoms with Crippen molar-refractivity contribution >= 4 is 28.3 Å². The number of benzene rings is 2. The highest BCUT2D eigenvalue weighted by molar-refractivity contribution is 5.89. The molecule has 1 N–H and O–H groups in total. The van der Waals surface area contributed by atoms with Crippen molar-refractivity contribution in [1.29, 1.82) is 0 Å². The Morgan fingerprint density at radius 3 is 2.50 bits per heavy atom. The molecule has 0 saturated carbocycles. The van der Waals surface area contributed by atoms with E-state index in [4.69, 9.17) is 4.74 Å². The molecule has 32 heavy (non-hydrogen) atoms. The van der Waals surface area contributed by atoms with Gasteiger partial charge in [0.15, 0.2) is 0 Å². The van der Waals surface area contributed by atoms with Gasteiger partial charge in [-0.15, -0.1) is 0 Å². The summed E-state index contributed by atoms with van der Waals surface area (Å²) in [5.41, 5.74) is 3.49. The van der Waals surface area contributed by atoms with Crippen LogP contribution in [0.1, 0.15) is 24.5 Å². The van der Waals surface area contributed by atoms with Gasteiger partial charge >= 0.3 is 6.03 Å². The van der Waals surface area contributed by atoms with Crippen LogP contribution < -0.4 is 10.2 Å². The number of amides is 2. The maximum absolute atomic E-state index is 13.5. The Morgan fingerprint density at radius 1 is 1.00 bits per heavy atom. The fraction of sp³-hybridized carbons (Fsp3) is 0.375. The molecule has 2 aliphatic rings. The lowest BCUT2D eigenvalue weighted by molar-refractivity contribution is 0.122. The number of nitrogens with zero attached hydrogens (tertiary/aromatic N) is 4. The third kappa shape index (κ3) is 4.36. The standard InChI is InChI=1S/C24H26FN5O2/c25-18-1-6-21-22(15-18)26-16-27-23(21)17-7-9-30(10-8-17)24(31)28-19-2-4-20(5-3-19)29-11-13-32-14-12-29/h1-6,15-17H,7-14H2,(H,28,31). The van der Waals surface area contributed by atoms with Crippen LogP contribution in [0.5, 0.6) is 0 Å². The SMILES string of the molecule is O=C(Nc1ccc(N2CCOCC2)cc1)N1CCC(c2ncnc3cc(F)ccc23)CC1. The van der Waals surface area contributed by atoms with Crippen molar-refractivity contribution in [3.8, 4) is 0 Å². The first-order valence-electron chi connectivity index (χ1n) is 11.1. The normalized spacial score (nSPS) is 17.5. The van der Waals surface area contributed by atoms with Crippen molar-refractivity contribution < 1.29 is 13.9 Å². The molecule has 0 unspecified atom stereocenters. The number of nitrogens with one attached hydrogen (secondary N) is 1. The topological polar surface area (TPSA) is 70.6 Å². The second-order valence-electron chi connectivity index (χ2n) is 8.26. The molecule has 2 amide bonds. The lowest BCUT2D eigenvalue weighted by Gasteiger charge is -2.32. The summed E-state index contributed by atoms with van der Waals surface area (Å²) in [4.78, 5) is 25.6.